The molecule has 5 rings (SSSR count). The Hall–Kier alpha value is -1.32. The summed E-state index contributed by atoms with van der Waals surface area (Å²) in [5.41, 5.74) is -4.99. The highest BCUT2D eigenvalue weighted by atomic mass is 16.6. The number of hydrogen-bond acceptors (Lipinski definition) is 8. The number of esters is 1. The van der Waals surface area contributed by atoms with E-state index in [0.29, 0.717) is 6.42 Å². The number of carbonyl (C=O) groups excluding carboxylic acids is 2. The number of ketones is 1. The van der Waals surface area contributed by atoms with Gasteiger partial charge >= 0.3 is 5.97 Å². The Morgan fingerprint density at radius 3 is 2.54 bits per heavy atom. The van der Waals surface area contributed by atoms with E-state index in [-0.39, 0.29) is 18.9 Å². The van der Waals surface area contributed by atoms with Crippen LogP contribution in [0.1, 0.15) is 33.6 Å². The fraction of sp³-hybridized carbons (Fsp3) is 0.800. The Kier molecular flexibility index (Phi) is 3.37. The summed E-state index contributed by atoms with van der Waals surface area (Å²) in [5, 5.41) is 45.0. The number of hydrogen-bond donors (Lipinski definition) is 4. The van der Waals surface area contributed by atoms with Crippen LogP contribution < -0.4 is 0 Å². The summed E-state index contributed by atoms with van der Waals surface area (Å²) in [4.78, 5) is 24.9. The third-order valence-electron chi connectivity index (χ3n) is 8.88. The van der Waals surface area contributed by atoms with Gasteiger partial charge in [-0.3, -0.25) is 9.59 Å². The molecular formula is C20H26O8. The highest BCUT2D eigenvalue weighted by molar-refractivity contribution is 5.96. The van der Waals surface area contributed by atoms with Crippen LogP contribution in [0.3, 0.4) is 0 Å². The monoisotopic (exact) mass is 394 g/mol. The van der Waals surface area contributed by atoms with Crippen molar-refractivity contribution in [2.45, 2.75) is 69.2 Å². The maximum absolute atomic E-state index is 12.5. The van der Waals surface area contributed by atoms with Gasteiger partial charge in [-0.1, -0.05) is 12.5 Å². The molecule has 154 valence electrons. The molecule has 0 aromatic heterocycles. The van der Waals surface area contributed by atoms with Gasteiger partial charge in [-0.15, -0.1) is 0 Å². The van der Waals surface area contributed by atoms with Crippen LogP contribution >= 0.6 is 0 Å². The van der Waals surface area contributed by atoms with E-state index in [2.05, 4.69) is 0 Å². The number of aliphatic hydroxyl groups excluding tert-OH is 3. The van der Waals surface area contributed by atoms with E-state index in [1.807, 2.05) is 0 Å². The lowest BCUT2D eigenvalue weighted by Gasteiger charge is -2.69. The lowest BCUT2D eigenvalue weighted by Crippen LogP contribution is -2.83. The van der Waals surface area contributed by atoms with Gasteiger partial charge in [-0.2, -0.15) is 0 Å². The maximum atomic E-state index is 12.5. The van der Waals surface area contributed by atoms with E-state index < -0.39 is 64.1 Å². The molecule has 1 spiro atoms. The summed E-state index contributed by atoms with van der Waals surface area (Å²) >= 11 is 0. The van der Waals surface area contributed by atoms with Crippen molar-refractivity contribution >= 4 is 11.8 Å². The summed E-state index contributed by atoms with van der Waals surface area (Å²) in [7, 11) is 0. The fourth-order valence-electron chi connectivity index (χ4n) is 7.49. The van der Waals surface area contributed by atoms with Crippen LogP contribution in [0.15, 0.2) is 11.6 Å². The molecule has 0 aromatic carbocycles. The number of aliphatic hydroxyl groups is 4. The van der Waals surface area contributed by atoms with Crippen LogP contribution in [0, 0.1) is 22.7 Å². The van der Waals surface area contributed by atoms with Crippen LogP contribution in [0.5, 0.6) is 0 Å². The van der Waals surface area contributed by atoms with Crippen LogP contribution in [0.4, 0.5) is 0 Å². The van der Waals surface area contributed by atoms with E-state index in [1.54, 1.807) is 13.8 Å². The van der Waals surface area contributed by atoms with Crippen molar-refractivity contribution in [3.8, 4) is 0 Å². The van der Waals surface area contributed by atoms with Gasteiger partial charge in [0.2, 0.25) is 0 Å². The predicted octanol–water partition coefficient (Wildman–Crippen LogP) is -0.924. The second-order valence-electron chi connectivity index (χ2n) is 9.71. The van der Waals surface area contributed by atoms with E-state index in [9.17, 15) is 30.0 Å². The first-order chi connectivity index (χ1) is 12.9. The van der Waals surface area contributed by atoms with Gasteiger partial charge in [0.25, 0.3) is 0 Å². The summed E-state index contributed by atoms with van der Waals surface area (Å²) in [5.74, 6) is -2.31. The minimum absolute atomic E-state index is 0.0390. The largest absolute Gasteiger partial charge is 0.461 e. The van der Waals surface area contributed by atoms with Crippen LogP contribution in [0.2, 0.25) is 0 Å². The lowest BCUT2D eigenvalue weighted by atomic mass is 9.37. The Balaban J connectivity index is 1.81. The van der Waals surface area contributed by atoms with E-state index >= 15 is 0 Å². The molecule has 2 aliphatic heterocycles. The summed E-state index contributed by atoms with van der Waals surface area (Å²) < 4.78 is 11.6. The quantitative estimate of drug-likeness (QED) is 0.388. The molecule has 4 fully saturated rings. The van der Waals surface area contributed by atoms with Crippen LogP contribution in [-0.2, 0) is 19.1 Å². The van der Waals surface area contributed by atoms with Gasteiger partial charge in [0.05, 0.1) is 24.5 Å². The molecule has 10 atom stereocenters. The molecule has 0 radical (unpaired) electrons. The SMILES string of the molecule is CC1=CC(=O)[C@@H](O)[C@]2(C)[C@H]3[C@@H](O)[C@H](O)C4(C)OC[C@@]35[C@@H](C[C@@H]12)OC(=O)C[C@@]45O. The maximum Gasteiger partial charge on any atom is 0.309 e. The van der Waals surface area contributed by atoms with Crippen molar-refractivity contribution < 1.29 is 39.5 Å². The average molecular weight is 394 g/mol. The Morgan fingerprint density at radius 1 is 1.18 bits per heavy atom. The van der Waals surface area contributed by atoms with Crippen molar-refractivity contribution in [2.24, 2.45) is 22.7 Å². The van der Waals surface area contributed by atoms with Crippen molar-refractivity contribution in [1.29, 1.82) is 0 Å². The predicted molar refractivity (Wildman–Crippen MR) is 92.7 cm³/mol. The van der Waals surface area contributed by atoms with Gasteiger partial charge in [0.1, 0.15) is 29.5 Å². The second-order valence-corrected chi connectivity index (χ2v) is 9.71. The van der Waals surface area contributed by atoms with Crippen LogP contribution in [0.25, 0.3) is 0 Å². The normalized spacial score (nSPS) is 59.9. The van der Waals surface area contributed by atoms with E-state index in [0.717, 1.165) is 5.57 Å². The summed E-state index contributed by atoms with van der Waals surface area (Å²) in [6.07, 6.45) is -3.70. The van der Waals surface area contributed by atoms with E-state index in [4.69, 9.17) is 9.47 Å². The van der Waals surface area contributed by atoms with Crippen molar-refractivity contribution in [3.05, 3.63) is 11.6 Å². The van der Waals surface area contributed by atoms with Crippen LogP contribution in [-0.4, -0.2) is 74.4 Å². The minimum atomic E-state index is -1.78. The first kappa shape index (κ1) is 18.7. The third kappa shape index (κ3) is 1.61. The highest BCUT2D eigenvalue weighted by Crippen LogP contribution is 2.73. The average Bonchev–Trinajstić information content (AvgIpc) is 2.79. The van der Waals surface area contributed by atoms with Gasteiger partial charge in [-0.05, 0) is 32.3 Å². The zero-order valence-corrected chi connectivity index (χ0v) is 16.1. The molecule has 2 bridgehead atoms. The molecule has 2 saturated heterocycles. The minimum Gasteiger partial charge on any atom is -0.461 e. The van der Waals surface area contributed by atoms with E-state index in [1.165, 1.54) is 13.0 Å². The fourth-order valence-corrected chi connectivity index (χ4v) is 7.49. The molecule has 8 nitrogen and oxygen atoms in total. The molecule has 0 amide bonds. The Bertz CT molecular complexity index is 823. The summed E-state index contributed by atoms with van der Waals surface area (Å²) in [6.45, 7) is 4.97. The Morgan fingerprint density at radius 2 is 1.86 bits per heavy atom. The molecule has 2 saturated carbocycles. The molecule has 1 unspecified atom stereocenters. The zero-order valence-electron chi connectivity index (χ0n) is 16.1. The number of ether oxygens (including phenoxy) is 2. The molecule has 8 heteroatoms. The number of rotatable bonds is 0. The number of fused-ring (bicyclic) bond motifs is 2. The molecule has 4 N–H and O–H groups in total. The van der Waals surface area contributed by atoms with Gasteiger partial charge in [0, 0.05) is 11.3 Å². The lowest BCUT2D eigenvalue weighted by molar-refractivity contribution is -0.330. The molecule has 0 aromatic rings. The second kappa shape index (κ2) is 5.05. The topological polar surface area (TPSA) is 134 Å². The summed E-state index contributed by atoms with van der Waals surface area (Å²) in [6, 6.07) is 0. The molecule has 2 heterocycles. The Labute approximate surface area is 162 Å². The van der Waals surface area contributed by atoms with Gasteiger partial charge in [-0.25, -0.2) is 0 Å². The third-order valence-corrected chi connectivity index (χ3v) is 8.88. The number of carbonyl (C=O) groups is 2. The van der Waals surface area contributed by atoms with Crippen molar-refractivity contribution in [1.82, 2.24) is 0 Å². The first-order valence-electron chi connectivity index (χ1n) is 9.77. The standard InChI is InChI=1S/C20H26O8/c1-8-4-10(21)15(24)17(2)9(8)5-11-19-7-27-18(3,16(25)13(23)14(17)19)20(19,26)6-12(22)28-11/h4,9,11,13-16,23-26H,5-7H2,1-3H3/t9-,11+,13+,14+,15+,16-,17-,18?,19+,20+/m0/s1. The first-order valence-corrected chi connectivity index (χ1v) is 9.77. The highest BCUT2D eigenvalue weighted by Gasteiger charge is 2.86. The molecule has 3 aliphatic carbocycles. The number of allylic oxidation sites excluding steroid dienone is 1. The smallest absolute Gasteiger partial charge is 0.309 e. The van der Waals surface area contributed by atoms with Gasteiger partial charge < -0.3 is 29.9 Å². The zero-order chi connectivity index (χ0) is 20.4. The molecule has 5 aliphatic rings. The van der Waals surface area contributed by atoms with Crippen molar-refractivity contribution in [2.75, 3.05) is 6.61 Å². The van der Waals surface area contributed by atoms with Crippen molar-refractivity contribution in [3.63, 3.8) is 0 Å². The molecule has 28 heavy (non-hydrogen) atoms. The van der Waals surface area contributed by atoms with Gasteiger partial charge in [0.15, 0.2) is 5.78 Å². The molecular weight excluding hydrogens is 368 g/mol.